The summed E-state index contributed by atoms with van der Waals surface area (Å²) in [5.74, 6) is 0.648. The van der Waals surface area contributed by atoms with E-state index in [0.29, 0.717) is 5.95 Å². The summed E-state index contributed by atoms with van der Waals surface area (Å²) in [5, 5.41) is 12.7. The van der Waals surface area contributed by atoms with Crippen LogP contribution in [-0.2, 0) is 0 Å². The third kappa shape index (κ3) is 4.45. The summed E-state index contributed by atoms with van der Waals surface area (Å²) in [6.07, 6.45) is 0. The van der Waals surface area contributed by atoms with Crippen LogP contribution < -0.4 is 0 Å². The van der Waals surface area contributed by atoms with Gasteiger partial charge in [-0.05, 0) is 33.2 Å². The van der Waals surface area contributed by atoms with E-state index in [1.54, 1.807) is 0 Å². The van der Waals surface area contributed by atoms with Gasteiger partial charge in [0.25, 0.3) is 0 Å². The fraction of sp³-hybridized carbons (Fsp3) is 0. The molecule has 0 spiro atoms. The van der Waals surface area contributed by atoms with Gasteiger partial charge >= 0.3 is 0 Å². The van der Waals surface area contributed by atoms with E-state index < -0.39 is 0 Å². The second-order valence-electron chi connectivity index (χ2n) is 14.4. The molecule has 3 nitrogen and oxygen atoms in total. The van der Waals surface area contributed by atoms with Gasteiger partial charge in [-0.25, -0.2) is 9.97 Å². The molecule has 12 aromatic rings. The zero-order valence-electron chi connectivity index (χ0n) is 30.1. The topological polar surface area (TPSA) is 30.7 Å². The Morgan fingerprint density at radius 3 is 1.38 bits per heavy atom. The number of benzene rings is 9. The molecule has 56 heavy (non-hydrogen) atoms. The molecule has 0 aliphatic carbocycles. The van der Waals surface area contributed by atoms with Crippen molar-refractivity contribution in [3.63, 3.8) is 0 Å². The van der Waals surface area contributed by atoms with Gasteiger partial charge in [-0.2, -0.15) is 0 Å². The van der Waals surface area contributed by atoms with Crippen LogP contribution in [0.15, 0.2) is 188 Å². The third-order valence-electron chi connectivity index (χ3n) is 11.4. The van der Waals surface area contributed by atoms with Gasteiger partial charge in [-0.15, -0.1) is 11.3 Å². The summed E-state index contributed by atoms with van der Waals surface area (Å²) in [7, 11) is 0. The molecule has 260 valence electrons. The average molecular weight is 730 g/mol. The van der Waals surface area contributed by atoms with Crippen molar-refractivity contribution in [2.24, 2.45) is 0 Å². The molecule has 0 unspecified atom stereocenters. The second kappa shape index (κ2) is 12.2. The Hall–Kier alpha value is -7.14. The van der Waals surface area contributed by atoms with Crippen molar-refractivity contribution >= 4 is 85.6 Å². The van der Waals surface area contributed by atoms with Crippen molar-refractivity contribution < 1.29 is 0 Å². The maximum absolute atomic E-state index is 5.61. The molecular formula is C52H31N3S. The van der Waals surface area contributed by atoms with E-state index in [1.165, 1.54) is 63.3 Å². The van der Waals surface area contributed by atoms with Crippen LogP contribution >= 0.6 is 11.3 Å². The molecule has 0 saturated carbocycles. The first kappa shape index (κ1) is 31.2. The predicted octanol–water partition coefficient (Wildman–Crippen LogP) is 14.4. The smallest absolute Gasteiger partial charge is 0.235 e. The van der Waals surface area contributed by atoms with E-state index in [1.807, 2.05) is 11.3 Å². The summed E-state index contributed by atoms with van der Waals surface area (Å²) in [6, 6.07) is 67.2. The molecule has 3 aromatic heterocycles. The highest BCUT2D eigenvalue weighted by Crippen LogP contribution is 2.51. The first-order valence-corrected chi connectivity index (χ1v) is 19.8. The minimum absolute atomic E-state index is 0.648. The number of rotatable bonds is 4. The Kier molecular flexibility index (Phi) is 6.80. The number of aromatic nitrogens is 3. The Bertz CT molecular complexity index is 3450. The normalized spacial score (nSPS) is 11.9. The van der Waals surface area contributed by atoms with E-state index in [2.05, 4.69) is 193 Å². The van der Waals surface area contributed by atoms with Crippen LogP contribution in [0.25, 0.3) is 114 Å². The number of para-hydroxylation sites is 1. The lowest BCUT2D eigenvalue weighted by atomic mass is 9.94. The molecule has 0 atom stereocenters. The van der Waals surface area contributed by atoms with Crippen LogP contribution in [0.4, 0.5) is 0 Å². The molecule has 0 aliphatic rings. The largest absolute Gasteiger partial charge is 0.277 e. The Morgan fingerprint density at radius 2 is 0.768 bits per heavy atom. The summed E-state index contributed by atoms with van der Waals surface area (Å²) in [5.41, 5.74) is 8.19. The fourth-order valence-electron chi connectivity index (χ4n) is 9.04. The van der Waals surface area contributed by atoms with Crippen LogP contribution in [0.2, 0.25) is 0 Å². The van der Waals surface area contributed by atoms with Crippen molar-refractivity contribution in [1.82, 2.24) is 14.5 Å². The van der Waals surface area contributed by atoms with E-state index in [-0.39, 0.29) is 0 Å². The lowest BCUT2D eigenvalue weighted by Gasteiger charge is -2.18. The van der Waals surface area contributed by atoms with Crippen LogP contribution in [0.3, 0.4) is 0 Å². The Balaban J connectivity index is 1.30. The monoisotopic (exact) mass is 729 g/mol. The van der Waals surface area contributed by atoms with Gasteiger partial charge in [0.05, 0.1) is 22.4 Å². The lowest BCUT2D eigenvalue weighted by Crippen LogP contribution is -2.06. The summed E-state index contributed by atoms with van der Waals surface area (Å²) >= 11 is 1.92. The average Bonchev–Trinajstić information content (AvgIpc) is 3.85. The van der Waals surface area contributed by atoms with Crippen molar-refractivity contribution in [2.45, 2.75) is 0 Å². The zero-order chi connectivity index (χ0) is 36.7. The first-order valence-electron chi connectivity index (χ1n) is 19.0. The maximum atomic E-state index is 5.61. The SMILES string of the molecule is c1ccc(-c2nc(-n3c4ccccc4c4c5sc6c7ccccc7c7ccccc7c6c5c5ccccc5c43)nc(-c3ccccc3)c2-c2ccccc2)cc1. The Labute approximate surface area is 326 Å². The van der Waals surface area contributed by atoms with Gasteiger partial charge in [0, 0.05) is 58.4 Å². The molecule has 0 amide bonds. The molecule has 0 aliphatic heterocycles. The molecule has 0 N–H and O–H groups in total. The second-order valence-corrected chi connectivity index (χ2v) is 15.4. The third-order valence-corrected chi connectivity index (χ3v) is 12.6. The number of thiophene rings is 1. The number of hydrogen-bond acceptors (Lipinski definition) is 3. The minimum Gasteiger partial charge on any atom is -0.277 e. The standard InChI is InChI=1S/C52H31N3S/c1-4-18-32(19-5-1)43-47(33-20-6-2-7-21-33)53-52(54-48(43)34-22-8-3-9-23-34)55-42-31-17-16-30-41(42)46-49(55)39-28-14-13-27-38(39)45-44-37-26-12-10-24-35(37)36-25-11-15-29-40(36)50(44)56-51(45)46/h1-31H. The fourth-order valence-corrected chi connectivity index (χ4v) is 10.5. The summed E-state index contributed by atoms with van der Waals surface area (Å²) in [6.45, 7) is 0. The molecular weight excluding hydrogens is 699 g/mol. The van der Waals surface area contributed by atoms with Gasteiger partial charge in [-0.1, -0.05) is 182 Å². The van der Waals surface area contributed by atoms with E-state index in [0.717, 1.165) is 44.7 Å². The highest BCUT2D eigenvalue weighted by Gasteiger charge is 2.26. The van der Waals surface area contributed by atoms with Crippen LogP contribution in [0.5, 0.6) is 0 Å². The first-order chi connectivity index (χ1) is 27.8. The molecule has 0 radical (unpaired) electrons. The van der Waals surface area contributed by atoms with Crippen molar-refractivity contribution in [3.05, 3.63) is 188 Å². The molecule has 0 fully saturated rings. The van der Waals surface area contributed by atoms with Crippen LogP contribution in [0.1, 0.15) is 0 Å². The molecule has 0 saturated heterocycles. The molecule has 4 heteroatoms. The zero-order valence-corrected chi connectivity index (χ0v) is 31.0. The van der Waals surface area contributed by atoms with E-state index in [9.17, 15) is 0 Å². The van der Waals surface area contributed by atoms with Crippen LogP contribution in [-0.4, -0.2) is 14.5 Å². The quantitative estimate of drug-likeness (QED) is 0.169. The molecule has 3 heterocycles. The highest BCUT2D eigenvalue weighted by atomic mass is 32.1. The maximum Gasteiger partial charge on any atom is 0.235 e. The van der Waals surface area contributed by atoms with Gasteiger partial charge < -0.3 is 0 Å². The highest BCUT2D eigenvalue weighted by molar-refractivity contribution is 7.28. The number of hydrogen-bond donors (Lipinski definition) is 0. The Morgan fingerprint density at radius 1 is 0.339 bits per heavy atom. The van der Waals surface area contributed by atoms with E-state index in [4.69, 9.17) is 9.97 Å². The molecule has 9 aromatic carbocycles. The van der Waals surface area contributed by atoms with Gasteiger partial charge in [0.15, 0.2) is 0 Å². The summed E-state index contributed by atoms with van der Waals surface area (Å²) < 4.78 is 4.95. The minimum atomic E-state index is 0.648. The van der Waals surface area contributed by atoms with Crippen molar-refractivity contribution in [1.29, 1.82) is 0 Å². The van der Waals surface area contributed by atoms with E-state index >= 15 is 0 Å². The van der Waals surface area contributed by atoms with Crippen LogP contribution in [0, 0.1) is 0 Å². The van der Waals surface area contributed by atoms with Crippen molar-refractivity contribution in [3.8, 4) is 39.6 Å². The van der Waals surface area contributed by atoms with Gasteiger partial charge in [0.2, 0.25) is 5.95 Å². The summed E-state index contributed by atoms with van der Waals surface area (Å²) in [4.78, 5) is 11.2. The van der Waals surface area contributed by atoms with Gasteiger partial charge in [-0.3, -0.25) is 4.57 Å². The molecule has 0 bridgehead atoms. The predicted molar refractivity (Wildman–Crippen MR) is 238 cm³/mol. The van der Waals surface area contributed by atoms with Crippen molar-refractivity contribution in [2.75, 3.05) is 0 Å². The molecule has 12 rings (SSSR count). The lowest BCUT2D eigenvalue weighted by molar-refractivity contribution is 0.999. The number of nitrogens with zero attached hydrogens (tertiary/aromatic N) is 3. The van der Waals surface area contributed by atoms with Gasteiger partial charge in [0.1, 0.15) is 0 Å². The number of fused-ring (bicyclic) bond motifs is 15.